The molecular weight excluding hydrogens is 414 g/mol. The molecule has 0 bridgehead atoms. The Hall–Kier alpha value is -3.72. The van der Waals surface area contributed by atoms with E-state index in [1.807, 2.05) is 43.5 Å². The van der Waals surface area contributed by atoms with Gasteiger partial charge in [-0.15, -0.1) is 11.3 Å². The quantitative estimate of drug-likeness (QED) is 0.517. The van der Waals surface area contributed by atoms with Crippen molar-refractivity contribution in [3.8, 4) is 22.7 Å². The molecule has 8 nitrogen and oxygen atoms in total. The molecule has 158 valence electrons. The van der Waals surface area contributed by atoms with Crippen LogP contribution in [-0.2, 0) is 7.05 Å². The standard InChI is InChI=1S/C22H21N5O3S/c1-13-11-17(14(2)27(13)15-5-7-16(30-4)8-6-15)19-12-31-22(23-19)24-21(29)18-9-10-20(28)26(3)25-18/h5-12H,1-4H3,(H,23,24,29). The lowest BCUT2D eigenvalue weighted by atomic mass is 10.2. The van der Waals surface area contributed by atoms with Gasteiger partial charge in [0.05, 0.1) is 12.8 Å². The van der Waals surface area contributed by atoms with Crippen LogP contribution in [0.15, 0.2) is 52.6 Å². The summed E-state index contributed by atoms with van der Waals surface area (Å²) in [6, 6.07) is 12.7. The van der Waals surface area contributed by atoms with Crippen molar-refractivity contribution in [1.82, 2.24) is 19.3 Å². The summed E-state index contributed by atoms with van der Waals surface area (Å²) in [5.74, 6) is 0.388. The summed E-state index contributed by atoms with van der Waals surface area (Å²) in [6.45, 7) is 4.08. The molecule has 3 heterocycles. The fraction of sp³-hybridized carbons (Fsp3) is 0.182. The van der Waals surface area contributed by atoms with Crippen LogP contribution in [0, 0.1) is 13.8 Å². The number of carbonyl (C=O) groups is 1. The lowest BCUT2D eigenvalue weighted by molar-refractivity contribution is 0.102. The second-order valence-electron chi connectivity index (χ2n) is 6.99. The molecule has 0 aliphatic rings. The molecular formula is C22H21N5O3S. The number of amides is 1. The Labute approximate surface area is 182 Å². The van der Waals surface area contributed by atoms with Gasteiger partial charge in [-0.2, -0.15) is 5.10 Å². The summed E-state index contributed by atoms with van der Waals surface area (Å²) in [4.78, 5) is 28.5. The van der Waals surface area contributed by atoms with E-state index in [0.717, 1.165) is 38.8 Å². The van der Waals surface area contributed by atoms with Crippen LogP contribution in [0.2, 0.25) is 0 Å². The van der Waals surface area contributed by atoms with Crippen LogP contribution in [0.1, 0.15) is 21.9 Å². The monoisotopic (exact) mass is 435 g/mol. The van der Waals surface area contributed by atoms with Crippen molar-refractivity contribution in [2.75, 3.05) is 12.4 Å². The average Bonchev–Trinajstić information content (AvgIpc) is 3.33. The molecule has 1 amide bonds. The number of nitrogens with one attached hydrogen (secondary N) is 1. The van der Waals surface area contributed by atoms with Gasteiger partial charge in [0.1, 0.15) is 11.4 Å². The van der Waals surface area contributed by atoms with Crippen molar-refractivity contribution in [3.05, 3.63) is 75.3 Å². The van der Waals surface area contributed by atoms with Crippen molar-refractivity contribution in [2.24, 2.45) is 7.05 Å². The molecule has 4 aromatic rings. The third-order valence-corrected chi connectivity index (χ3v) is 5.71. The molecule has 0 atom stereocenters. The van der Waals surface area contributed by atoms with Crippen molar-refractivity contribution >= 4 is 22.4 Å². The van der Waals surface area contributed by atoms with E-state index < -0.39 is 5.91 Å². The van der Waals surface area contributed by atoms with E-state index >= 15 is 0 Å². The number of nitrogens with zero attached hydrogens (tertiary/aromatic N) is 4. The van der Waals surface area contributed by atoms with E-state index in [0.29, 0.717) is 5.13 Å². The van der Waals surface area contributed by atoms with Crippen LogP contribution in [0.25, 0.3) is 16.9 Å². The van der Waals surface area contributed by atoms with Gasteiger partial charge >= 0.3 is 0 Å². The Kier molecular flexibility index (Phi) is 5.43. The molecule has 0 unspecified atom stereocenters. The zero-order valence-corrected chi connectivity index (χ0v) is 18.4. The summed E-state index contributed by atoms with van der Waals surface area (Å²) in [7, 11) is 3.14. The number of aryl methyl sites for hydroxylation is 2. The molecule has 1 N–H and O–H groups in total. The Morgan fingerprint density at radius 2 is 1.87 bits per heavy atom. The second kappa shape index (κ2) is 8.19. The molecule has 1 aromatic carbocycles. The highest BCUT2D eigenvalue weighted by Crippen LogP contribution is 2.32. The van der Waals surface area contributed by atoms with E-state index in [9.17, 15) is 9.59 Å². The predicted molar refractivity (Wildman–Crippen MR) is 120 cm³/mol. The molecule has 31 heavy (non-hydrogen) atoms. The third-order valence-electron chi connectivity index (χ3n) is 4.96. The van der Waals surface area contributed by atoms with Gasteiger partial charge in [0, 0.05) is 41.1 Å². The fourth-order valence-electron chi connectivity index (χ4n) is 3.39. The first-order valence-corrected chi connectivity index (χ1v) is 10.4. The van der Waals surface area contributed by atoms with Crippen LogP contribution in [0.5, 0.6) is 5.75 Å². The minimum Gasteiger partial charge on any atom is -0.497 e. The largest absolute Gasteiger partial charge is 0.497 e. The highest BCUT2D eigenvalue weighted by atomic mass is 32.1. The average molecular weight is 436 g/mol. The number of carbonyl (C=O) groups excluding carboxylic acids is 1. The van der Waals surface area contributed by atoms with Gasteiger partial charge in [-0.3, -0.25) is 14.9 Å². The summed E-state index contributed by atoms with van der Waals surface area (Å²) in [6.07, 6.45) is 0. The van der Waals surface area contributed by atoms with E-state index in [1.165, 1.54) is 30.5 Å². The number of methoxy groups -OCH3 is 1. The van der Waals surface area contributed by atoms with Gasteiger partial charge in [0.15, 0.2) is 5.13 Å². The molecule has 0 aliphatic heterocycles. The zero-order valence-electron chi connectivity index (χ0n) is 17.5. The van der Waals surface area contributed by atoms with E-state index in [1.54, 1.807) is 7.11 Å². The Bertz CT molecular complexity index is 1320. The van der Waals surface area contributed by atoms with E-state index in [4.69, 9.17) is 4.74 Å². The summed E-state index contributed by atoms with van der Waals surface area (Å²) in [5, 5.41) is 9.09. The lowest BCUT2D eigenvalue weighted by Crippen LogP contribution is -2.23. The SMILES string of the molecule is COc1ccc(-n2c(C)cc(-c3csc(NC(=O)c4ccc(=O)n(C)n4)n3)c2C)cc1. The van der Waals surface area contributed by atoms with Gasteiger partial charge in [0.2, 0.25) is 0 Å². The first-order valence-electron chi connectivity index (χ1n) is 9.52. The molecule has 3 aromatic heterocycles. The van der Waals surface area contributed by atoms with Crippen molar-refractivity contribution in [2.45, 2.75) is 13.8 Å². The number of hydrogen-bond donors (Lipinski definition) is 1. The molecule has 0 saturated carbocycles. The van der Waals surface area contributed by atoms with Crippen molar-refractivity contribution in [3.63, 3.8) is 0 Å². The molecule has 0 spiro atoms. The summed E-state index contributed by atoms with van der Waals surface area (Å²) in [5.41, 5.74) is 4.80. The van der Waals surface area contributed by atoms with Crippen LogP contribution < -0.4 is 15.6 Å². The van der Waals surface area contributed by atoms with Crippen LogP contribution in [0.4, 0.5) is 5.13 Å². The molecule has 0 aliphatic carbocycles. The first kappa shape index (κ1) is 20.5. The Morgan fingerprint density at radius 1 is 1.13 bits per heavy atom. The Morgan fingerprint density at radius 3 is 2.55 bits per heavy atom. The summed E-state index contributed by atoms with van der Waals surface area (Å²) >= 11 is 1.33. The van der Waals surface area contributed by atoms with Crippen molar-refractivity contribution < 1.29 is 9.53 Å². The molecule has 0 fully saturated rings. The number of benzene rings is 1. The van der Waals surface area contributed by atoms with Crippen molar-refractivity contribution in [1.29, 1.82) is 0 Å². The minimum absolute atomic E-state index is 0.150. The first-order chi connectivity index (χ1) is 14.9. The second-order valence-corrected chi connectivity index (χ2v) is 7.85. The van der Waals surface area contributed by atoms with Gasteiger partial charge in [0.25, 0.3) is 11.5 Å². The topological polar surface area (TPSA) is 91.0 Å². The Balaban J connectivity index is 1.59. The lowest BCUT2D eigenvalue weighted by Gasteiger charge is -2.10. The number of thiazole rings is 1. The highest BCUT2D eigenvalue weighted by molar-refractivity contribution is 7.14. The molecule has 9 heteroatoms. The maximum absolute atomic E-state index is 12.4. The van der Waals surface area contributed by atoms with Crippen LogP contribution >= 0.6 is 11.3 Å². The van der Waals surface area contributed by atoms with Gasteiger partial charge in [-0.25, -0.2) is 9.67 Å². The van der Waals surface area contributed by atoms with Crippen LogP contribution in [0.3, 0.4) is 0 Å². The van der Waals surface area contributed by atoms with Gasteiger partial charge in [-0.05, 0) is 50.2 Å². The number of ether oxygens (including phenoxy) is 1. The zero-order chi connectivity index (χ0) is 22.1. The van der Waals surface area contributed by atoms with E-state index in [2.05, 4.69) is 26.0 Å². The maximum atomic E-state index is 12.4. The third kappa shape index (κ3) is 3.99. The maximum Gasteiger partial charge on any atom is 0.277 e. The summed E-state index contributed by atoms with van der Waals surface area (Å²) < 4.78 is 8.52. The highest BCUT2D eigenvalue weighted by Gasteiger charge is 2.17. The molecule has 0 radical (unpaired) electrons. The minimum atomic E-state index is -0.416. The number of aromatic nitrogens is 4. The fourth-order valence-corrected chi connectivity index (χ4v) is 4.10. The predicted octanol–water partition coefficient (Wildman–Crippen LogP) is 3.57. The number of hydrogen-bond acceptors (Lipinski definition) is 6. The smallest absolute Gasteiger partial charge is 0.277 e. The molecule has 4 rings (SSSR count). The van der Waals surface area contributed by atoms with Crippen LogP contribution in [-0.4, -0.2) is 32.3 Å². The van der Waals surface area contributed by atoms with E-state index in [-0.39, 0.29) is 11.3 Å². The normalized spacial score (nSPS) is 10.8. The number of rotatable bonds is 5. The molecule has 0 saturated heterocycles. The van der Waals surface area contributed by atoms with Gasteiger partial charge in [-0.1, -0.05) is 0 Å². The number of anilines is 1. The van der Waals surface area contributed by atoms with Gasteiger partial charge < -0.3 is 9.30 Å².